The zero-order valence-corrected chi connectivity index (χ0v) is 11.6. The largest absolute Gasteiger partial charge is 0.419 e. The molecule has 0 fully saturated rings. The van der Waals surface area contributed by atoms with Crippen molar-refractivity contribution >= 4 is 17.5 Å². The van der Waals surface area contributed by atoms with E-state index in [-0.39, 0.29) is 18.0 Å². The maximum Gasteiger partial charge on any atom is 0.419 e. The van der Waals surface area contributed by atoms with E-state index >= 15 is 0 Å². The Balaban J connectivity index is 3.10. The topological polar surface area (TPSA) is 20.3 Å². The van der Waals surface area contributed by atoms with Gasteiger partial charge in [0.15, 0.2) is 0 Å². The van der Waals surface area contributed by atoms with Crippen LogP contribution in [0.4, 0.5) is 17.6 Å². The summed E-state index contributed by atoms with van der Waals surface area (Å²) in [6.45, 7) is 2.44. The van der Waals surface area contributed by atoms with E-state index in [1.807, 2.05) is 6.92 Å². The van der Waals surface area contributed by atoms with Gasteiger partial charge in [0.1, 0.15) is 5.82 Å². The van der Waals surface area contributed by atoms with Crippen LogP contribution in [0.3, 0.4) is 0 Å². The molecule has 2 nitrogen and oxygen atoms in total. The SMILES string of the molecule is CCCN(CCCl)C(=O)c1ccc(F)c(C(F)(F)F)c1. The number of halogens is 5. The molecule has 0 spiro atoms. The lowest BCUT2D eigenvalue weighted by atomic mass is 10.1. The first-order valence-corrected chi connectivity index (χ1v) is 6.56. The number of hydrogen-bond acceptors (Lipinski definition) is 1. The molecule has 0 aliphatic heterocycles. The van der Waals surface area contributed by atoms with Crippen molar-refractivity contribution in [3.05, 3.63) is 35.1 Å². The van der Waals surface area contributed by atoms with Crippen LogP contribution >= 0.6 is 11.6 Å². The Hall–Kier alpha value is -1.30. The molecule has 1 amide bonds. The summed E-state index contributed by atoms with van der Waals surface area (Å²) >= 11 is 5.56. The average Bonchev–Trinajstić information content (AvgIpc) is 2.37. The summed E-state index contributed by atoms with van der Waals surface area (Å²) in [5.74, 6) is -1.80. The first-order valence-electron chi connectivity index (χ1n) is 6.03. The number of nitrogens with zero attached hydrogens (tertiary/aromatic N) is 1. The highest BCUT2D eigenvalue weighted by Crippen LogP contribution is 2.32. The molecule has 0 aromatic heterocycles. The minimum atomic E-state index is -4.83. The van der Waals surface area contributed by atoms with E-state index in [0.717, 1.165) is 6.07 Å². The lowest BCUT2D eigenvalue weighted by Gasteiger charge is -2.21. The van der Waals surface area contributed by atoms with Gasteiger partial charge < -0.3 is 4.90 Å². The van der Waals surface area contributed by atoms with Crippen LogP contribution in [0.1, 0.15) is 29.3 Å². The summed E-state index contributed by atoms with van der Waals surface area (Å²) in [4.78, 5) is 13.4. The lowest BCUT2D eigenvalue weighted by Crippen LogP contribution is -2.33. The molecule has 1 rings (SSSR count). The summed E-state index contributed by atoms with van der Waals surface area (Å²) in [6, 6.07) is 2.24. The van der Waals surface area contributed by atoms with Crippen LogP contribution in [-0.2, 0) is 6.18 Å². The van der Waals surface area contributed by atoms with Crippen LogP contribution < -0.4 is 0 Å². The van der Waals surface area contributed by atoms with Gasteiger partial charge in [-0.15, -0.1) is 11.6 Å². The molecule has 1 aromatic rings. The smallest absolute Gasteiger partial charge is 0.337 e. The Labute approximate surface area is 119 Å². The fourth-order valence-corrected chi connectivity index (χ4v) is 1.95. The van der Waals surface area contributed by atoms with Crippen LogP contribution in [-0.4, -0.2) is 29.8 Å². The second-order valence-corrected chi connectivity index (χ2v) is 4.55. The van der Waals surface area contributed by atoms with Crippen molar-refractivity contribution in [2.45, 2.75) is 19.5 Å². The number of alkyl halides is 4. The van der Waals surface area contributed by atoms with Gasteiger partial charge in [0.05, 0.1) is 5.56 Å². The third-order valence-electron chi connectivity index (χ3n) is 2.65. The van der Waals surface area contributed by atoms with Gasteiger partial charge >= 0.3 is 6.18 Å². The number of benzene rings is 1. The van der Waals surface area contributed by atoms with Crippen LogP contribution in [0.15, 0.2) is 18.2 Å². The Morgan fingerprint density at radius 1 is 1.30 bits per heavy atom. The Morgan fingerprint density at radius 3 is 2.45 bits per heavy atom. The zero-order chi connectivity index (χ0) is 15.3. The van der Waals surface area contributed by atoms with Crippen molar-refractivity contribution in [2.75, 3.05) is 19.0 Å². The minimum Gasteiger partial charge on any atom is -0.337 e. The molecule has 7 heteroatoms. The highest BCUT2D eigenvalue weighted by molar-refractivity contribution is 6.18. The van der Waals surface area contributed by atoms with Crippen molar-refractivity contribution in [3.8, 4) is 0 Å². The molecule has 0 heterocycles. The third-order valence-corrected chi connectivity index (χ3v) is 2.82. The number of carbonyl (C=O) groups excluding carboxylic acids is 1. The fourth-order valence-electron chi connectivity index (χ4n) is 1.74. The molecule has 0 radical (unpaired) electrons. The number of hydrogen-bond donors (Lipinski definition) is 0. The Kier molecular flexibility index (Phi) is 5.80. The molecule has 0 N–H and O–H groups in total. The average molecular weight is 312 g/mol. The molecule has 0 atom stereocenters. The predicted octanol–water partition coefficient (Wildman–Crippen LogP) is 3.94. The Bertz CT molecular complexity index is 470. The van der Waals surface area contributed by atoms with E-state index in [1.165, 1.54) is 4.90 Å². The molecule has 0 unspecified atom stereocenters. The highest BCUT2D eigenvalue weighted by atomic mass is 35.5. The van der Waals surface area contributed by atoms with Crippen molar-refractivity contribution < 1.29 is 22.4 Å². The van der Waals surface area contributed by atoms with E-state index < -0.39 is 23.5 Å². The summed E-state index contributed by atoms with van der Waals surface area (Å²) in [7, 11) is 0. The third kappa shape index (κ3) is 4.10. The maximum atomic E-state index is 13.2. The molecular formula is C13H14ClF4NO. The van der Waals surface area contributed by atoms with Crippen molar-refractivity contribution in [1.82, 2.24) is 4.90 Å². The molecule has 20 heavy (non-hydrogen) atoms. The van der Waals surface area contributed by atoms with Crippen molar-refractivity contribution in [2.24, 2.45) is 0 Å². The normalized spacial score (nSPS) is 11.5. The van der Waals surface area contributed by atoms with Crippen LogP contribution in [0.2, 0.25) is 0 Å². The monoisotopic (exact) mass is 311 g/mol. The van der Waals surface area contributed by atoms with Crippen LogP contribution in [0, 0.1) is 5.82 Å². The van der Waals surface area contributed by atoms with Crippen LogP contribution in [0.5, 0.6) is 0 Å². The van der Waals surface area contributed by atoms with Crippen LogP contribution in [0.25, 0.3) is 0 Å². The van der Waals surface area contributed by atoms with E-state index in [1.54, 1.807) is 0 Å². The summed E-state index contributed by atoms with van der Waals surface area (Å²) in [5.41, 5.74) is -1.64. The predicted molar refractivity (Wildman–Crippen MR) is 68.3 cm³/mol. The molecule has 1 aromatic carbocycles. The standard InChI is InChI=1S/C13H14ClF4NO/c1-2-6-19(7-5-14)12(20)9-3-4-11(15)10(8-9)13(16,17)18/h3-4,8H,2,5-7H2,1H3. The second kappa shape index (κ2) is 6.92. The Morgan fingerprint density at radius 2 is 1.95 bits per heavy atom. The van der Waals surface area contributed by atoms with Gasteiger partial charge in [0, 0.05) is 24.5 Å². The van der Waals surface area contributed by atoms with Gasteiger partial charge in [-0.3, -0.25) is 4.79 Å². The summed E-state index contributed by atoms with van der Waals surface area (Å²) in [6.07, 6.45) is -4.18. The number of carbonyl (C=O) groups is 1. The van der Waals surface area contributed by atoms with E-state index in [0.29, 0.717) is 25.1 Å². The van der Waals surface area contributed by atoms with Gasteiger partial charge in [-0.2, -0.15) is 13.2 Å². The molecule has 0 saturated carbocycles. The number of amides is 1. The second-order valence-electron chi connectivity index (χ2n) is 4.17. The van der Waals surface area contributed by atoms with Gasteiger partial charge in [-0.05, 0) is 24.6 Å². The van der Waals surface area contributed by atoms with Gasteiger partial charge in [0.2, 0.25) is 0 Å². The van der Waals surface area contributed by atoms with E-state index in [9.17, 15) is 22.4 Å². The highest BCUT2D eigenvalue weighted by Gasteiger charge is 2.35. The maximum absolute atomic E-state index is 13.2. The number of rotatable bonds is 5. The first kappa shape index (κ1) is 16.8. The molecule has 0 saturated heterocycles. The van der Waals surface area contributed by atoms with Crippen molar-refractivity contribution in [3.63, 3.8) is 0 Å². The summed E-state index contributed by atoms with van der Waals surface area (Å²) in [5, 5.41) is 0. The molecule has 0 aliphatic carbocycles. The molecule has 112 valence electrons. The minimum absolute atomic E-state index is 0.180. The quantitative estimate of drug-likeness (QED) is 0.596. The van der Waals surface area contributed by atoms with Gasteiger partial charge in [-0.1, -0.05) is 6.92 Å². The zero-order valence-electron chi connectivity index (χ0n) is 10.8. The van der Waals surface area contributed by atoms with Crippen molar-refractivity contribution in [1.29, 1.82) is 0 Å². The van der Waals surface area contributed by atoms with Gasteiger partial charge in [0.25, 0.3) is 5.91 Å². The molecular weight excluding hydrogens is 298 g/mol. The van der Waals surface area contributed by atoms with E-state index in [4.69, 9.17) is 11.6 Å². The lowest BCUT2D eigenvalue weighted by molar-refractivity contribution is -0.140. The fraction of sp³-hybridized carbons (Fsp3) is 0.462. The van der Waals surface area contributed by atoms with E-state index in [2.05, 4.69) is 0 Å². The van der Waals surface area contributed by atoms with Gasteiger partial charge in [-0.25, -0.2) is 4.39 Å². The molecule has 0 bridgehead atoms. The summed E-state index contributed by atoms with van der Waals surface area (Å²) < 4.78 is 51.0. The first-order chi connectivity index (χ1) is 9.31. The molecule has 0 aliphatic rings.